The van der Waals surface area contributed by atoms with Crippen molar-refractivity contribution in [3.05, 3.63) is 65.7 Å². The Balaban J connectivity index is 1.98. The second-order valence-corrected chi connectivity index (χ2v) is 10.5. The SMILES string of the molecule is Cc1ccccc1-c1nc(NS(=O)(=O)c2cccc(N(CCC(=O)O)CC(C)C)n2)ccc1C(F)(F)F. The minimum atomic E-state index is -4.70. The standard InChI is InChI=1S/C25H27F3N4O4S/c1-16(2)15-32(14-13-23(33)34)21-9-6-10-22(30-21)37(35,36)31-20-12-11-19(25(26,27)28)24(29-20)18-8-5-4-7-17(18)3/h4-12,16H,13-15H2,1-3H3,(H,29,31)(H,33,34). The van der Waals surface area contributed by atoms with E-state index in [2.05, 4.69) is 14.7 Å². The van der Waals surface area contributed by atoms with E-state index >= 15 is 0 Å². The van der Waals surface area contributed by atoms with Crippen molar-refractivity contribution in [2.24, 2.45) is 5.92 Å². The molecule has 0 atom stereocenters. The summed E-state index contributed by atoms with van der Waals surface area (Å²) < 4.78 is 69.5. The van der Waals surface area contributed by atoms with E-state index in [9.17, 15) is 26.4 Å². The Labute approximate surface area is 213 Å². The number of carbonyl (C=O) groups is 1. The van der Waals surface area contributed by atoms with Gasteiger partial charge in [-0.1, -0.05) is 44.2 Å². The molecule has 0 aliphatic rings. The van der Waals surface area contributed by atoms with Gasteiger partial charge < -0.3 is 10.0 Å². The smallest absolute Gasteiger partial charge is 0.418 e. The van der Waals surface area contributed by atoms with Crippen molar-refractivity contribution in [2.75, 3.05) is 22.7 Å². The second-order valence-electron chi connectivity index (χ2n) is 8.83. The molecule has 0 unspecified atom stereocenters. The van der Waals surface area contributed by atoms with Gasteiger partial charge in [0.25, 0.3) is 10.0 Å². The summed E-state index contributed by atoms with van der Waals surface area (Å²) in [6.45, 7) is 6.06. The molecule has 2 N–H and O–H groups in total. The summed E-state index contributed by atoms with van der Waals surface area (Å²) in [5.41, 5.74) is -0.628. The second kappa shape index (κ2) is 11.2. The summed E-state index contributed by atoms with van der Waals surface area (Å²) in [6.07, 6.45) is -4.87. The van der Waals surface area contributed by atoms with Crippen molar-refractivity contribution >= 4 is 27.6 Å². The Kier molecular flexibility index (Phi) is 8.42. The molecule has 8 nitrogen and oxygen atoms in total. The molecule has 0 aliphatic carbocycles. The van der Waals surface area contributed by atoms with Gasteiger partial charge in [-0.05, 0) is 42.7 Å². The van der Waals surface area contributed by atoms with Crippen molar-refractivity contribution < 1.29 is 31.5 Å². The summed E-state index contributed by atoms with van der Waals surface area (Å²) in [6, 6.07) is 12.4. The number of anilines is 2. The summed E-state index contributed by atoms with van der Waals surface area (Å²) in [7, 11) is -4.33. The Morgan fingerprint density at radius 3 is 2.38 bits per heavy atom. The zero-order valence-corrected chi connectivity index (χ0v) is 21.3. The van der Waals surface area contributed by atoms with Crippen LogP contribution >= 0.6 is 0 Å². The van der Waals surface area contributed by atoms with Gasteiger partial charge >= 0.3 is 12.1 Å². The van der Waals surface area contributed by atoms with Crippen LogP contribution in [0.25, 0.3) is 11.3 Å². The van der Waals surface area contributed by atoms with Crippen LogP contribution in [0.1, 0.15) is 31.4 Å². The van der Waals surface area contributed by atoms with Crippen molar-refractivity contribution in [2.45, 2.75) is 38.4 Å². The van der Waals surface area contributed by atoms with E-state index in [0.717, 1.165) is 12.1 Å². The molecule has 0 amide bonds. The largest absolute Gasteiger partial charge is 0.481 e. The average Bonchev–Trinajstić information content (AvgIpc) is 2.81. The number of aromatic nitrogens is 2. The highest BCUT2D eigenvalue weighted by molar-refractivity contribution is 7.92. The highest BCUT2D eigenvalue weighted by Crippen LogP contribution is 2.38. The van der Waals surface area contributed by atoms with Gasteiger partial charge in [0.15, 0.2) is 5.03 Å². The first-order valence-electron chi connectivity index (χ1n) is 11.4. The van der Waals surface area contributed by atoms with Crippen LogP contribution in [0, 0.1) is 12.8 Å². The third-order valence-electron chi connectivity index (χ3n) is 5.33. The van der Waals surface area contributed by atoms with E-state index < -0.39 is 33.4 Å². The molecule has 0 fully saturated rings. The van der Waals surface area contributed by atoms with Crippen LogP contribution in [0.2, 0.25) is 0 Å². The van der Waals surface area contributed by atoms with Gasteiger partial charge in [0.05, 0.1) is 17.7 Å². The van der Waals surface area contributed by atoms with E-state index in [4.69, 9.17) is 5.11 Å². The van der Waals surface area contributed by atoms with Crippen LogP contribution in [-0.2, 0) is 21.0 Å². The number of aryl methyl sites for hydroxylation is 1. The van der Waals surface area contributed by atoms with Crippen molar-refractivity contribution in [1.29, 1.82) is 0 Å². The number of nitrogens with zero attached hydrogens (tertiary/aromatic N) is 3. The van der Waals surface area contributed by atoms with E-state index in [1.165, 1.54) is 18.2 Å². The number of halogens is 3. The van der Waals surface area contributed by atoms with Crippen molar-refractivity contribution in [1.82, 2.24) is 9.97 Å². The highest BCUT2D eigenvalue weighted by atomic mass is 32.2. The van der Waals surface area contributed by atoms with Crippen LogP contribution < -0.4 is 9.62 Å². The lowest BCUT2D eigenvalue weighted by atomic mass is 10.0. The normalized spacial score (nSPS) is 12.0. The summed E-state index contributed by atoms with van der Waals surface area (Å²) in [4.78, 5) is 20.9. The van der Waals surface area contributed by atoms with Crippen molar-refractivity contribution in [3.8, 4) is 11.3 Å². The lowest BCUT2D eigenvalue weighted by molar-refractivity contribution is -0.138. The number of sulfonamides is 1. The molecule has 0 saturated heterocycles. The number of carboxylic acid groups (broad SMARTS) is 1. The molecular weight excluding hydrogens is 509 g/mol. The lowest BCUT2D eigenvalue weighted by Crippen LogP contribution is -2.31. The molecule has 0 spiro atoms. The number of carboxylic acids is 1. The molecule has 2 aromatic heterocycles. The van der Waals surface area contributed by atoms with Crippen LogP contribution in [0.3, 0.4) is 0 Å². The molecule has 0 saturated carbocycles. The number of pyridine rings is 2. The molecule has 1 aromatic carbocycles. The summed E-state index contributed by atoms with van der Waals surface area (Å²) in [5.74, 6) is -0.899. The van der Waals surface area contributed by atoms with Crippen LogP contribution in [0.4, 0.5) is 24.8 Å². The fraction of sp³-hybridized carbons (Fsp3) is 0.320. The van der Waals surface area contributed by atoms with Gasteiger partial charge in [0.2, 0.25) is 0 Å². The van der Waals surface area contributed by atoms with E-state index in [-0.39, 0.29) is 41.1 Å². The Hall–Kier alpha value is -3.67. The van der Waals surface area contributed by atoms with E-state index in [0.29, 0.717) is 12.1 Å². The Morgan fingerprint density at radius 2 is 1.76 bits per heavy atom. The number of hydrogen-bond acceptors (Lipinski definition) is 6. The van der Waals surface area contributed by atoms with Gasteiger partial charge in [-0.15, -0.1) is 0 Å². The van der Waals surface area contributed by atoms with Crippen LogP contribution in [0.15, 0.2) is 59.6 Å². The minimum Gasteiger partial charge on any atom is -0.481 e. The molecule has 37 heavy (non-hydrogen) atoms. The monoisotopic (exact) mass is 536 g/mol. The first-order valence-corrected chi connectivity index (χ1v) is 12.9. The Morgan fingerprint density at radius 1 is 1.05 bits per heavy atom. The maximum atomic E-state index is 13.7. The predicted octanol–water partition coefficient (Wildman–Crippen LogP) is 5.21. The lowest BCUT2D eigenvalue weighted by Gasteiger charge is -2.25. The van der Waals surface area contributed by atoms with E-state index in [1.807, 2.05) is 13.8 Å². The number of alkyl halides is 3. The summed E-state index contributed by atoms with van der Waals surface area (Å²) in [5, 5.41) is 8.67. The Bertz CT molecular complexity index is 1380. The van der Waals surface area contributed by atoms with Gasteiger partial charge in [0, 0.05) is 18.7 Å². The molecule has 0 aliphatic heterocycles. The third-order valence-corrected chi connectivity index (χ3v) is 6.58. The molecule has 2 heterocycles. The van der Waals surface area contributed by atoms with Gasteiger partial charge in [0.1, 0.15) is 11.6 Å². The topological polar surface area (TPSA) is 112 Å². The van der Waals surface area contributed by atoms with Gasteiger partial charge in [-0.25, -0.2) is 9.97 Å². The predicted molar refractivity (Wildman–Crippen MR) is 134 cm³/mol. The highest BCUT2D eigenvalue weighted by Gasteiger charge is 2.35. The number of benzene rings is 1. The molecule has 0 bridgehead atoms. The fourth-order valence-electron chi connectivity index (χ4n) is 3.68. The zero-order valence-electron chi connectivity index (χ0n) is 20.5. The number of nitrogens with one attached hydrogen (secondary N) is 1. The number of hydrogen-bond donors (Lipinski definition) is 2. The van der Waals surface area contributed by atoms with Crippen LogP contribution in [0.5, 0.6) is 0 Å². The van der Waals surface area contributed by atoms with E-state index in [1.54, 1.807) is 36.1 Å². The molecule has 12 heteroatoms. The molecular formula is C25H27F3N4O4S. The molecule has 3 aromatic rings. The van der Waals surface area contributed by atoms with Crippen molar-refractivity contribution in [3.63, 3.8) is 0 Å². The van der Waals surface area contributed by atoms with Crippen LogP contribution in [-0.4, -0.2) is 42.6 Å². The average molecular weight is 537 g/mol. The fourth-order valence-corrected chi connectivity index (χ4v) is 4.64. The molecule has 198 valence electrons. The first-order chi connectivity index (χ1) is 17.3. The maximum Gasteiger partial charge on any atom is 0.418 e. The number of rotatable bonds is 10. The quantitative estimate of drug-likeness (QED) is 0.366. The summed E-state index contributed by atoms with van der Waals surface area (Å²) >= 11 is 0. The zero-order chi connectivity index (χ0) is 27.4. The molecule has 3 rings (SSSR count). The molecule has 0 radical (unpaired) electrons. The minimum absolute atomic E-state index is 0.123. The van der Waals surface area contributed by atoms with Gasteiger partial charge in [-0.3, -0.25) is 9.52 Å². The maximum absolute atomic E-state index is 13.7. The number of aliphatic carboxylic acids is 1. The first kappa shape index (κ1) is 27.9. The third kappa shape index (κ3) is 7.19. The van der Waals surface area contributed by atoms with Gasteiger partial charge in [-0.2, -0.15) is 21.6 Å².